The highest BCUT2D eigenvalue weighted by Crippen LogP contribution is 2.31. The number of fused-ring (bicyclic) bond motifs is 1. The number of carbonyl (C=O) groups is 1. The van der Waals surface area contributed by atoms with Gasteiger partial charge in [0.15, 0.2) is 5.16 Å². The molecule has 0 spiro atoms. The summed E-state index contributed by atoms with van der Waals surface area (Å²) in [7, 11) is 0. The Balaban J connectivity index is 2.08. The van der Waals surface area contributed by atoms with Crippen LogP contribution in [0.5, 0.6) is 0 Å². The fraction of sp³-hybridized carbons (Fsp3) is 0.500. The van der Waals surface area contributed by atoms with Crippen molar-refractivity contribution < 1.29 is 9.90 Å². The highest BCUT2D eigenvalue weighted by atomic mass is 32.2. The lowest BCUT2D eigenvalue weighted by Crippen LogP contribution is -2.28. The van der Waals surface area contributed by atoms with Crippen molar-refractivity contribution in [3.63, 3.8) is 0 Å². The molecule has 7 heteroatoms. The van der Waals surface area contributed by atoms with E-state index in [-0.39, 0.29) is 17.4 Å². The molecule has 0 saturated heterocycles. The second-order valence-corrected chi connectivity index (χ2v) is 7.02. The van der Waals surface area contributed by atoms with Crippen LogP contribution in [0.2, 0.25) is 0 Å². The molecule has 2 heterocycles. The highest BCUT2D eigenvalue weighted by molar-refractivity contribution is 7.99. The Morgan fingerprint density at radius 1 is 1.43 bits per heavy atom. The molecule has 0 bridgehead atoms. The van der Waals surface area contributed by atoms with Crippen molar-refractivity contribution in [3.05, 3.63) is 21.8 Å². The molecule has 1 N–H and O–H groups in total. The molecule has 1 fully saturated rings. The highest BCUT2D eigenvalue weighted by Gasteiger charge is 2.22. The summed E-state index contributed by atoms with van der Waals surface area (Å²) in [6.45, 7) is 0. The minimum atomic E-state index is -0.893. The Morgan fingerprint density at radius 2 is 2.19 bits per heavy atom. The van der Waals surface area contributed by atoms with Crippen LogP contribution in [0.3, 0.4) is 0 Å². The largest absolute Gasteiger partial charge is 0.481 e. The van der Waals surface area contributed by atoms with Crippen LogP contribution in [0.4, 0.5) is 0 Å². The summed E-state index contributed by atoms with van der Waals surface area (Å²) >= 11 is 2.56. The first-order chi connectivity index (χ1) is 10.2. The van der Waals surface area contributed by atoms with Gasteiger partial charge >= 0.3 is 5.97 Å². The molecule has 0 atom stereocenters. The second kappa shape index (κ2) is 6.19. The van der Waals surface area contributed by atoms with Gasteiger partial charge in [-0.2, -0.15) is 0 Å². The molecule has 1 aliphatic rings. The van der Waals surface area contributed by atoms with Crippen LogP contribution in [0.15, 0.2) is 21.4 Å². The third kappa shape index (κ3) is 2.98. The minimum Gasteiger partial charge on any atom is -0.481 e. The first-order valence-electron chi connectivity index (χ1n) is 7.01. The summed E-state index contributed by atoms with van der Waals surface area (Å²) in [5.74, 6) is -0.966. The van der Waals surface area contributed by atoms with E-state index >= 15 is 0 Å². The monoisotopic (exact) mass is 324 g/mol. The maximum atomic E-state index is 12.7. The fourth-order valence-electron chi connectivity index (χ4n) is 2.80. The van der Waals surface area contributed by atoms with Crippen molar-refractivity contribution in [2.24, 2.45) is 0 Å². The molecule has 1 saturated carbocycles. The lowest BCUT2D eigenvalue weighted by Gasteiger charge is -2.25. The zero-order valence-electron chi connectivity index (χ0n) is 11.4. The van der Waals surface area contributed by atoms with Crippen molar-refractivity contribution in [3.8, 4) is 0 Å². The van der Waals surface area contributed by atoms with Crippen molar-refractivity contribution >= 4 is 39.3 Å². The molecule has 0 aliphatic heterocycles. The molecular formula is C14H16N2O3S2. The van der Waals surface area contributed by atoms with Crippen molar-refractivity contribution in [1.82, 2.24) is 9.55 Å². The van der Waals surface area contributed by atoms with Gasteiger partial charge in [0.1, 0.15) is 4.83 Å². The summed E-state index contributed by atoms with van der Waals surface area (Å²) in [6.07, 6.45) is 5.37. The van der Waals surface area contributed by atoms with E-state index in [1.54, 1.807) is 10.6 Å². The molecule has 3 rings (SSSR count). The second-order valence-electron chi connectivity index (χ2n) is 5.18. The predicted molar refractivity (Wildman–Crippen MR) is 84.4 cm³/mol. The Labute approximate surface area is 130 Å². The molecule has 5 nitrogen and oxygen atoms in total. The number of carboxylic acids is 1. The molecule has 2 aromatic rings. The predicted octanol–water partition coefficient (Wildman–Crippen LogP) is 3.14. The molecular weight excluding hydrogens is 308 g/mol. The molecule has 21 heavy (non-hydrogen) atoms. The smallest absolute Gasteiger partial charge is 0.313 e. The van der Waals surface area contributed by atoms with E-state index in [0.717, 1.165) is 37.4 Å². The third-order valence-electron chi connectivity index (χ3n) is 3.76. The average molecular weight is 324 g/mol. The Kier molecular flexibility index (Phi) is 4.30. The van der Waals surface area contributed by atoms with Gasteiger partial charge in [-0.1, -0.05) is 31.0 Å². The average Bonchev–Trinajstić information content (AvgIpc) is 2.95. The Hall–Kier alpha value is -1.34. The van der Waals surface area contributed by atoms with Crippen LogP contribution in [0.1, 0.15) is 38.1 Å². The van der Waals surface area contributed by atoms with Gasteiger partial charge in [-0.05, 0) is 24.3 Å². The normalized spacial score (nSPS) is 16.4. The summed E-state index contributed by atoms with van der Waals surface area (Å²) in [5, 5.41) is 11.9. The van der Waals surface area contributed by atoms with E-state index in [1.165, 1.54) is 17.8 Å². The topological polar surface area (TPSA) is 72.2 Å². The number of nitrogens with zero attached hydrogens (tertiary/aromatic N) is 2. The zero-order chi connectivity index (χ0) is 14.8. The molecule has 1 aliphatic carbocycles. The lowest BCUT2D eigenvalue weighted by atomic mass is 9.95. The summed E-state index contributed by atoms with van der Waals surface area (Å²) in [6, 6.07) is 1.96. The molecule has 0 amide bonds. The Morgan fingerprint density at radius 3 is 2.90 bits per heavy atom. The zero-order valence-corrected chi connectivity index (χ0v) is 13.1. The number of rotatable bonds is 4. The van der Waals surface area contributed by atoms with Crippen LogP contribution in [0, 0.1) is 0 Å². The SMILES string of the molecule is O=C(O)CSc1nc2sccc2c(=O)n1C1CCCCC1. The standard InChI is InChI=1S/C14H16N2O3S2/c17-11(18)8-21-14-15-12-10(6-7-20-12)13(19)16(14)9-4-2-1-3-5-9/h6-7,9H,1-5,8H2,(H,17,18). The molecule has 0 aromatic carbocycles. The van der Waals surface area contributed by atoms with E-state index in [1.807, 2.05) is 5.38 Å². The van der Waals surface area contributed by atoms with Gasteiger partial charge in [0.05, 0.1) is 11.1 Å². The first kappa shape index (κ1) is 14.6. The van der Waals surface area contributed by atoms with E-state index in [0.29, 0.717) is 15.4 Å². The van der Waals surface area contributed by atoms with Crippen LogP contribution < -0.4 is 5.56 Å². The number of aromatic nitrogens is 2. The van der Waals surface area contributed by atoms with Gasteiger partial charge in [-0.15, -0.1) is 11.3 Å². The van der Waals surface area contributed by atoms with Crippen molar-refractivity contribution in [2.75, 3.05) is 5.75 Å². The Bertz CT molecular complexity index is 717. The number of thioether (sulfide) groups is 1. The van der Waals surface area contributed by atoms with Gasteiger partial charge in [-0.25, -0.2) is 4.98 Å². The van der Waals surface area contributed by atoms with E-state index < -0.39 is 5.97 Å². The number of thiophene rings is 1. The van der Waals surface area contributed by atoms with Gasteiger partial charge in [-0.3, -0.25) is 14.2 Å². The minimum absolute atomic E-state index is 0.0268. The van der Waals surface area contributed by atoms with Crippen LogP contribution >= 0.6 is 23.1 Å². The summed E-state index contributed by atoms with van der Waals surface area (Å²) < 4.78 is 1.74. The van der Waals surface area contributed by atoms with E-state index in [4.69, 9.17) is 5.11 Å². The first-order valence-corrected chi connectivity index (χ1v) is 8.87. The molecule has 112 valence electrons. The van der Waals surface area contributed by atoms with Gasteiger partial charge in [0, 0.05) is 6.04 Å². The maximum absolute atomic E-state index is 12.7. The van der Waals surface area contributed by atoms with Crippen LogP contribution in [0.25, 0.3) is 10.2 Å². The number of aliphatic carboxylic acids is 1. The van der Waals surface area contributed by atoms with E-state index in [2.05, 4.69) is 4.98 Å². The number of carboxylic acid groups (broad SMARTS) is 1. The number of hydrogen-bond acceptors (Lipinski definition) is 5. The van der Waals surface area contributed by atoms with Crippen LogP contribution in [-0.4, -0.2) is 26.4 Å². The summed E-state index contributed by atoms with van der Waals surface area (Å²) in [4.78, 5) is 28.8. The van der Waals surface area contributed by atoms with Gasteiger partial charge in [0.25, 0.3) is 5.56 Å². The maximum Gasteiger partial charge on any atom is 0.313 e. The van der Waals surface area contributed by atoms with E-state index in [9.17, 15) is 9.59 Å². The molecule has 2 aromatic heterocycles. The van der Waals surface area contributed by atoms with Crippen LogP contribution in [-0.2, 0) is 4.79 Å². The quantitative estimate of drug-likeness (QED) is 0.691. The van der Waals surface area contributed by atoms with Crippen molar-refractivity contribution in [1.29, 1.82) is 0 Å². The van der Waals surface area contributed by atoms with Crippen molar-refractivity contribution in [2.45, 2.75) is 43.3 Å². The molecule has 0 unspecified atom stereocenters. The van der Waals surface area contributed by atoms with Gasteiger partial charge < -0.3 is 5.11 Å². The number of hydrogen-bond donors (Lipinski definition) is 1. The third-order valence-corrected chi connectivity index (χ3v) is 5.51. The summed E-state index contributed by atoms with van der Waals surface area (Å²) in [5.41, 5.74) is -0.0268. The lowest BCUT2D eigenvalue weighted by molar-refractivity contribution is -0.133. The fourth-order valence-corrected chi connectivity index (χ4v) is 4.39. The van der Waals surface area contributed by atoms with Gasteiger partial charge in [0.2, 0.25) is 0 Å². The molecule has 0 radical (unpaired) electrons.